The van der Waals surface area contributed by atoms with Crippen LogP contribution in [0.5, 0.6) is 0 Å². The Morgan fingerprint density at radius 3 is 3.04 bits per heavy atom. The number of rotatable bonds is 5. The molecule has 3 heterocycles. The Labute approximate surface area is 173 Å². The molecule has 0 aliphatic rings. The Morgan fingerprint density at radius 1 is 1.36 bits per heavy atom. The molecule has 4 aromatic rings. The van der Waals surface area contributed by atoms with Crippen LogP contribution < -0.4 is 5.32 Å². The summed E-state index contributed by atoms with van der Waals surface area (Å²) in [4.78, 5) is 25.1. The summed E-state index contributed by atoms with van der Waals surface area (Å²) in [6.07, 6.45) is 2.70. The van der Waals surface area contributed by atoms with Gasteiger partial charge in [-0.2, -0.15) is 4.98 Å². The van der Waals surface area contributed by atoms with Gasteiger partial charge in [0.15, 0.2) is 5.82 Å². The van der Waals surface area contributed by atoms with E-state index in [1.165, 1.54) is 23.9 Å². The molecule has 0 saturated heterocycles. The smallest absolute Gasteiger partial charge is 0.343 e. The first-order valence-corrected chi connectivity index (χ1v) is 9.74. The lowest BCUT2D eigenvalue weighted by Gasteiger charge is -2.06. The van der Waals surface area contributed by atoms with Crippen LogP contribution in [-0.2, 0) is 4.74 Å². The third-order valence-electron chi connectivity index (χ3n) is 3.72. The van der Waals surface area contributed by atoms with E-state index in [9.17, 15) is 4.79 Å². The largest absolute Gasteiger partial charge is 0.462 e. The number of fused-ring (bicyclic) bond motifs is 1. The fourth-order valence-corrected chi connectivity index (χ4v) is 3.72. The molecule has 0 amide bonds. The lowest BCUT2D eigenvalue weighted by Crippen LogP contribution is -2.10. The van der Waals surface area contributed by atoms with E-state index in [0.29, 0.717) is 15.0 Å². The molecule has 0 fully saturated rings. The van der Waals surface area contributed by atoms with Gasteiger partial charge in [0, 0.05) is 22.2 Å². The predicted octanol–water partition coefficient (Wildman–Crippen LogP) is 4.47. The van der Waals surface area contributed by atoms with Gasteiger partial charge in [-0.1, -0.05) is 23.2 Å². The maximum atomic E-state index is 12.1. The van der Waals surface area contributed by atoms with E-state index in [1.807, 2.05) is 5.38 Å². The molecule has 0 aliphatic carbocycles. The summed E-state index contributed by atoms with van der Waals surface area (Å²) in [6.45, 7) is 1.97. The molecule has 8 nitrogen and oxygen atoms in total. The van der Waals surface area contributed by atoms with Crippen LogP contribution in [0, 0.1) is 0 Å². The van der Waals surface area contributed by atoms with Gasteiger partial charge in [-0.15, -0.1) is 16.4 Å². The van der Waals surface area contributed by atoms with Gasteiger partial charge in [0.2, 0.25) is 10.9 Å². The van der Waals surface area contributed by atoms with Crippen molar-refractivity contribution in [3.63, 3.8) is 0 Å². The molecular formula is C17H12Cl2N6O2S. The van der Waals surface area contributed by atoms with Crippen molar-refractivity contribution in [1.82, 2.24) is 24.6 Å². The van der Waals surface area contributed by atoms with Crippen molar-refractivity contribution < 1.29 is 9.53 Å². The second-order valence-electron chi connectivity index (χ2n) is 5.51. The number of carbonyl (C=O) groups is 1. The SMILES string of the molecule is CCOC(=O)c1cncnc1Nc1nc2scc(-c3cc(Cl)ccc3Cl)n2n1. The van der Waals surface area contributed by atoms with Crippen LogP contribution in [0.3, 0.4) is 0 Å². The number of aromatic nitrogens is 5. The number of carbonyl (C=O) groups excluding carboxylic acids is 1. The minimum atomic E-state index is -0.530. The van der Waals surface area contributed by atoms with Gasteiger partial charge in [0.05, 0.1) is 17.3 Å². The van der Waals surface area contributed by atoms with Crippen molar-refractivity contribution in [3.05, 3.63) is 51.7 Å². The number of esters is 1. The van der Waals surface area contributed by atoms with E-state index in [2.05, 4.69) is 25.4 Å². The van der Waals surface area contributed by atoms with E-state index in [0.717, 1.165) is 11.3 Å². The molecule has 142 valence electrons. The first-order valence-electron chi connectivity index (χ1n) is 8.10. The second-order valence-corrected chi connectivity index (χ2v) is 7.19. The highest BCUT2D eigenvalue weighted by Crippen LogP contribution is 2.33. The highest BCUT2D eigenvalue weighted by Gasteiger charge is 2.18. The average Bonchev–Trinajstić information content (AvgIpc) is 3.24. The van der Waals surface area contributed by atoms with Crippen LogP contribution in [0.25, 0.3) is 16.2 Å². The van der Waals surface area contributed by atoms with Crippen molar-refractivity contribution in [1.29, 1.82) is 0 Å². The van der Waals surface area contributed by atoms with Gasteiger partial charge >= 0.3 is 5.97 Å². The van der Waals surface area contributed by atoms with Gasteiger partial charge < -0.3 is 10.1 Å². The molecule has 1 N–H and O–H groups in total. The zero-order chi connectivity index (χ0) is 19.7. The summed E-state index contributed by atoms with van der Waals surface area (Å²) in [5.41, 5.74) is 1.69. The van der Waals surface area contributed by atoms with E-state index in [4.69, 9.17) is 27.9 Å². The Hall–Kier alpha value is -2.75. The van der Waals surface area contributed by atoms with Crippen LogP contribution in [0.15, 0.2) is 36.1 Å². The van der Waals surface area contributed by atoms with Gasteiger partial charge in [0.1, 0.15) is 11.9 Å². The fourth-order valence-electron chi connectivity index (χ4n) is 2.51. The van der Waals surface area contributed by atoms with Gasteiger partial charge in [-0.3, -0.25) is 0 Å². The molecule has 1 aromatic carbocycles. The lowest BCUT2D eigenvalue weighted by atomic mass is 10.2. The summed E-state index contributed by atoms with van der Waals surface area (Å²) >= 11 is 13.8. The molecule has 3 aromatic heterocycles. The quantitative estimate of drug-likeness (QED) is 0.462. The fraction of sp³-hybridized carbons (Fsp3) is 0.118. The molecule has 0 radical (unpaired) electrons. The predicted molar refractivity (Wildman–Crippen MR) is 108 cm³/mol. The van der Waals surface area contributed by atoms with Crippen molar-refractivity contribution in [2.75, 3.05) is 11.9 Å². The monoisotopic (exact) mass is 434 g/mol. The number of anilines is 2. The molecule has 0 spiro atoms. The number of ether oxygens (including phenoxy) is 1. The minimum absolute atomic E-state index is 0.195. The van der Waals surface area contributed by atoms with Crippen LogP contribution >= 0.6 is 34.5 Å². The topological polar surface area (TPSA) is 94.3 Å². The highest BCUT2D eigenvalue weighted by atomic mass is 35.5. The van der Waals surface area contributed by atoms with Crippen molar-refractivity contribution in [2.24, 2.45) is 0 Å². The van der Waals surface area contributed by atoms with E-state index >= 15 is 0 Å². The summed E-state index contributed by atoms with van der Waals surface area (Å²) in [6, 6.07) is 5.21. The zero-order valence-corrected chi connectivity index (χ0v) is 16.7. The van der Waals surface area contributed by atoms with Crippen LogP contribution in [-0.4, -0.2) is 37.1 Å². The Bertz CT molecular complexity index is 1180. The van der Waals surface area contributed by atoms with Gasteiger partial charge in [0.25, 0.3) is 0 Å². The summed E-state index contributed by atoms with van der Waals surface area (Å²) in [5, 5.41) is 10.4. The third kappa shape index (κ3) is 3.51. The van der Waals surface area contributed by atoms with Crippen LogP contribution in [0.4, 0.5) is 11.8 Å². The Kier molecular flexibility index (Phi) is 5.12. The number of halogens is 2. The van der Waals surface area contributed by atoms with Crippen molar-refractivity contribution in [3.8, 4) is 11.3 Å². The number of hydrogen-bond donors (Lipinski definition) is 1. The molecular weight excluding hydrogens is 423 g/mol. The van der Waals surface area contributed by atoms with Crippen molar-refractivity contribution in [2.45, 2.75) is 6.92 Å². The van der Waals surface area contributed by atoms with Gasteiger partial charge in [-0.05, 0) is 25.1 Å². The first kappa shape index (κ1) is 18.6. The molecule has 0 atom stereocenters. The molecule has 4 rings (SSSR count). The molecule has 0 unspecified atom stereocenters. The maximum absolute atomic E-state index is 12.1. The minimum Gasteiger partial charge on any atom is -0.462 e. The number of benzene rings is 1. The maximum Gasteiger partial charge on any atom is 0.343 e. The number of thiazole rings is 1. The molecule has 0 bridgehead atoms. The van der Waals surface area contributed by atoms with E-state index in [-0.39, 0.29) is 23.9 Å². The van der Waals surface area contributed by atoms with E-state index in [1.54, 1.807) is 29.6 Å². The van der Waals surface area contributed by atoms with Crippen LogP contribution in [0.2, 0.25) is 10.0 Å². The first-order chi connectivity index (χ1) is 13.6. The molecule has 0 saturated carbocycles. The average molecular weight is 435 g/mol. The lowest BCUT2D eigenvalue weighted by molar-refractivity contribution is 0.0526. The number of nitrogens with zero attached hydrogens (tertiary/aromatic N) is 5. The van der Waals surface area contributed by atoms with E-state index < -0.39 is 5.97 Å². The Balaban J connectivity index is 1.70. The molecule has 11 heteroatoms. The highest BCUT2D eigenvalue weighted by molar-refractivity contribution is 7.15. The number of hydrogen-bond acceptors (Lipinski definition) is 8. The summed E-state index contributed by atoms with van der Waals surface area (Å²) in [7, 11) is 0. The third-order valence-corrected chi connectivity index (χ3v) is 5.10. The Morgan fingerprint density at radius 2 is 2.21 bits per heavy atom. The van der Waals surface area contributed by atoms with Crippen LogP contribution in [0.1, 0.15) is 17.3 Å². The zero-order valence-electron chi connectivity index (χ0n) is 14.4. The second kappa shape index (κ2) is 7.70. The molecule has 0 aliphatic heterocycles. The van der Waals surface area contributed by atoms with Crippen molar-refractivity contribution >= 4 is 57.2 Å². The standard InChI is InChI=1S/C17H12Cl2N6O2S/c1-2-27-15(26)11-6-20-8-21-14(11)22-16-23-17-25(24-16)13(7-28-17)10-5-9(18)3-4-12(10)19/h3-8H,2H2,1H3,(H,20,21,22,24). The molecule has 28 heavy (non-hydrogen) atoms. The summed E-state index contributed by atoms with van der Waals surface area (Å²) in [5.74, 6) is 0.00237. The summed E-state index contributed by atoms with van der Waals surface area (Å²) < 4.78 is 6.67. The normalized spacial score (nSPS) is 11.0. The number of nitrogens with one attached hydrogen (secondary N) is 1. The van der Waals surface area contributed by atoms with Gasteiger partial charge in [-0.25, -0.2) is 19.3 Å².